The Balaban J connectivity index is 2.26. The molecule has 1 saturated carbocycles. The van der Waals surface area contributed by atoms with Crippen molar-refractivity contribution in [3.05, 3.63) is 0 Å². The van der Waals surface area contributed by atoms with Gasteiger partial charge in [0.25, 0.3) is 0 Å². The number of hydrogen-bond acceptors (Lipinski definition) is 3. The van der Waals surface area contributed by atoms with Crippen LogP contribution in [0.2, 0.25) is 0 Å². The van der Waals surface area contributed by atoms with Gasteiger partial charge < -0.3 is 15.2 Å². The molecule has 5 nitrogen and oxygen atoms in total. The van der Waals surface area contributed by atoms with E-state index in [0.717, 1.165) is 19.3 Å². The lowest BCUT2D eigenvalue weighted by Gasteiger charge is -2.22. The Kier molecular flexibility index (Phi) is 5.97. The molecule has 0 aromatic rings. The zero-order valence-electron chi connectivity index (χ0n) is 10.3. The van der Waals surface area contributed by atoms with Crippen molar-refractivity contribution in [1.82, 2.24) is 5.32 Å². The van der Waals surface area contributed by atoms with E-state index in [-0.39, 0.29) is 18.6 Å². The molecule has 2 unspecified atom stereocenters. The van der Waals surface area contributed by atoms with Crippen molar-refractivity contribution in [2.45, 2.75) is 45.1 Å². The lowest BCUT2D eigenvalue weighted by molar-refractivity contribution is -0.143. The highest BCUT2D eigenvalue weighted by Crippen LogP contribution is 2.22. The topological polar surface area (TPSA) is 75.6 Å². The maximum atomic E-state index is 11.5. The smallest absolute Gasteiger partial charge is 0.329 e. The Hall–Kier alpha value is -1.10. The highest BCUT2D eigenvalue weighted by molar-refractivity contribution is 5.78. The van der Waals surface area contributed by atoms with Gasteiger partial charge >= 0.3 is 5.97 Å². The van der Waals surface area contributed by atoms with E-state index in [2.05, 4.69) is 12.2 Å². The molecule has 17 heavy (non-hydrogen) atoms. The number of carbonyl (C=O) groups excluding carboxylic acids is 1. The van der Waals surface area contributed by atoms with Gasteiger partial charge in [-0.3, -0.25) is 4.79 Å². The molecule has 0 bridgehead atoms. The number of rotatable bonds is 5. The predicted molar refractivity (Wildman–Crippen MR) is 62.6 cm³/mol. The predicted octanol–water partition coefficient (Wildman–Crippen LogP) is 1.17. The van der Waals surface area contributed by atoms with Crippen LogP contribution in [0, 0.1) is 5.92 Å². The van der Waals surface area contributed by atoms with Crippen LogP contribution >= 0.6 is 0 Å². The van der Waals surface area contributed by atoms with Crippen LogP contribution in [0.1, 0.15) is 39.0 Å². The minimum atomic E-state index is -1.05. The van der Waals surface area contributed by atoms with Crippen molar-refractivity contribution < 1.29 is 19.4 Å². The molecule has 0 aliphatic heterocycles. The van der Waals surface area contributed by atoms with Gasteiger partial charge in [0.15, 0.2) is 0 Å². The molecule has 1 amide bonds. The van der Waals surface area contributed by atoms with Crippen molar-refractivity contribution in [1.29, 1.82) is 0 Å². The Bertz CT molecular complexity index is 267. The lowest BCUT2D eigenvalue weighted by Crippen LogP contribution is -2.41. The molecule has 2 atom stereocenters. The summed E-state index contributed by atoms with van der Waals surface area (Å²) in [6, 6.07) is 0.207. The molecule has 1 fully saturated rings. The fraction of sp³-hybridized carbons (Fsp3) is 0.833. The number of carboxylic acids is 1. The number of carboxylic acid groups (broad SMARTS) is 1. The normalized spacial score (nSPS) is 25.0. The van der Waals surface area contributed by atoms with Crippen molar-refractivity contribution in [3.8, 4) is 0 Å². The summed E-state index contributed by atoms with van der Waals surface area (Å²) in [5, 5.41) is 11.3. The zero-order chi connectivity index (χ0) is 12.7. The SMILES string of the molecule is CC1CCCCCC1NC(=O)COCC(=O)O. The van der Waals surface area contributed by atoms with Crippen LogP contribution in [0.5, 0.6) is 0 Å². The molecule has 98 valence electrons. The summed E-state index contributed by atoms with van der Waals surface area (Å²) in [4.78, 5) is 21.7. The summed E-state index contributed by atoms with van der Waals surface area (Å²) < 4.78 is 4.75. The summed E-state index contributed by atoms with van der Waals surface area (Å²) in [5.41, 5.74) is 0. The van der Waals surface area contributed by atoms with E-state index in [1.54, 1.807) is 0 Å². The van der Waals surface area contributed by atoms with Gasteiger partial charge in [-0.05, 0) is 18.8 Å². The molecule has 0 heterocycles. The van der Waals surface area contributed by atoms with E-state index in [1.165, 1.54) is 12.8 Å². The van der Waals surface area contributed by atoms with Crippen LogP contribution in [0.4, 0.5) is 0 Å². The Morgan fingerprint density at radius 3 is 2.65 bits per heavy atom. The average Bonchev–Trinajstić information content (AvgIpc) is 2.44. The molecule has 1 rings (SSSR count). The van der Waals surface area contributed by atoms with Crippen molar-refractivity contribution >= 4 is 11.9 Å². The van der Waals surface area contributed by atoms with Gasteiger partial charge in [0, 0.05) is 6.04 Å². The van der Waals surface area contributed by atoms with E-state index in [1.807, 2.05) is 0 Å². The second-order valence-corrected chi connectivity index (χ2v) is 4.68. The molecule has 1 aliphatic carbocycles. The highest BCUT2D eigenvalue weighted by atomic mass is 16.5. The van der Waals surface area contributed by atoms with E-state index in [9.17, 15) is 9.59 Å². The number of amides is 1. The van der Waals surface area contributed by atoms with Crippen LogP contribution in [0.15, 0.2) is 0 Å². The highest BCUT2D eigenvalue weighted by Gasteiger charge is 2.21. The third-order valence-electron chi connectivity index (χ3n) is 3.17. The maximum Gasteiger partial charge on any atom is 0.329 e. The Labute approximate surface area is 102 Å². The van der Waals surface area contributed by atoms with Gasteiger partial charge in [-0.1, -0.05) is 26.2 Å². The minimum absolute atomic E-state index is 0.171. The van der Waals surface area contributed by atoms with Gasteiger partial charge in [-0.15, -0.1) is 0 Å². The minimum Gasteiger partial charge on any atom is -0.480 e. The first kappa shape index (κ1) is 14.0. The summed E-state index contributed by atoms with van der Waals surface area (Å²) in [6.07, 6.45) is 5.74. The first-order chi connectivity index (χ1) is 8.09. The molecule has 5 heteroatoms. The van der Waals surface area contributed by atoms with Gasteiger partial charge in [0.2, 0.25) is 5.91 Å². The monoisotopic (exact) mass is 243 g/mol. The molecule has 0 aromatic carbocycles. The molecule has 0 aromatic heterocycles. The molecular weight excluding hydrogens is 222 g/mol. The van der Waals surface area contributed by atoms with E-state index >= 15 is 0 Å². The zero-order valence-corrected chi connectivity index (χ0v) is 10.3. The van der Waals surface area contributed by atoms with Gasteiger partial charge in [0.1, 0.15) is 13.2 Å². The molecule has 1 aliphatic rings. The van der Waals surface area contributed by atoms with E-state index in [0.29, 0.717) is 5.92 Å². The van der Waals surface area contributed by atoms with Crippen LogP contribution in [0.3, 0.4) is 0 Å². The number of ether oxygens (including phenoxy) is 1. The Morgan fingerprint density at radius 1 is 1.24 bits per heavy atom. The van der Waals surface area contributed by atoms with E-state index in [4.69, 9.17) is 9.84 Å². The third kappa shape index (κ3) is 5.68. The first-order valence-electron chi connectivity index (χ1n) is 6.18. The second kappa shape index (κ2) is 7.27. The quantitative estimate of drug-likeness (QED) is 0.711. The van der Waals surface area contributed by atoms with Crippen molar-refractivity contribution in [3.63, 3.8) is 0 Å². The van der Waals surface area contributed by atoms with Gasteiger partial charge in [0.05, 0.1) is 0 Å². The summed E-state index contributed by atoms with van der Waals surface area (Å²) in [6.45, 7) is 1.55. The number of aliphatic carboxylic acids is 1. The van der Waals surface area contributed by atoms with Crippen molar-refractivity contribution in [2.75, 3.05) is 13.2 Å². The van der Waals surface area contributed by atoms with Crippen LogP contribution in [0.25, 0.3) is 0 Å². The maximum absolute atomic E-state index is 11.5. The fourth-order valence-electron chi connectivity index (χ4n) is 2.19. The number of nitrogens with one attached hydrogen (secondary N) is 1. The van der Waals surface area contributed by atoms with Crippen LogP contribution in [-0.4, -0.2) is 36.2 Å². The van der Waals surface area contributed by atoms with Gasteiger partial charge in [-0.2, -0.15) is 0 Å². The number of hydrogen-bond donors (Lipinski definition) is 2. The fourth-order valence-corrected chi connectivity index (χ4v) is 2.19. The van der Waals surface area contributed by atoms with Crippen LogP contribution < -0.4 is 5.32 Å². The van der Waals surface area contributed by atoms with Crippen LogP contribution in [-0.2, 0) is 14.3 Å². The third-order valence-corrected chi connectivity index (χ3v) is 3.17. The number of carbonyl (C=O) groups is 2. The summed E-state index contributed by atoms with van der Waals surface area (Å²) in [7, 11) is 0. The second-order valence-electron chi connectivity index (χ2n) is 4.68. The summed E-state index contributed by atoms with van der Waals surface area (Å²) >= 11 is 0. The standard InChI is InChI=1S/C12H21NO4/c1-9-5-3-2-4-6-10(9)13-11(14)7-17-8-12(15)16/h9-10H,2-8H2,1H3,(H,13,14)(H,15,16). The van der Waals surface area contributed by atoms with Gasteiger partial charge in [-0.25, -0.2) is 4.79 Å². The largest absolute Gasteiger partial charge is 0.480 e. The van der Waals surface area contributed by atoms with Crippen molar-refractivity contribution in [2.24, 2.45) is 5.92 Å². The lowest BCUT2D eigenvalue weighted by atomic mass is 9.97. The Morgan fingerprint density at radius 2 is 1.94 bits per heavy atom. The van der Waals surface area contributed by atoms with E-state index < -0.39 is 12.6 Å². The molecule has 0 saturated heterocycles. The molecule has 0 radical (unpaired) electrons. The average molecular weight is 243 g/mol. The first-order valence-corrected chi connectivity index (χ1v) is 6.18. The molecule has 0 spiro atoms. The molecule has 2 N–H and O–H groups in total. The summed E-state index contributed by atoms with van der Waals surface area (Å²) in [5.74, 6) is -0.786. The molecular formula is C12H21NO4.